The van der Waals surface area contributed by atoms with Gasteiger partial charge in [0.25, 0.3) is 0 Å². The number of aliphatic hydroxyl groups excluding tert-OH is 1. The number of likely N-dealkylation sites (tertiary alicyclic amines) is 2. The summed E-state index contributed by atoms with van der Waals surface area (Å²) in [5, 5.41) is 9.59. The standard InChI is InChI=1S/C16H29N3O2/c17-13-2-1-12(11-13)16(21)19-7-3-14(4-8-19)18-9-5-15(20)6-10-18/h12-15,20H,1-11,17H2. The van der Waals surface area contributed by atoms with E-state index in [-0.39, 0.29) is 18.1 Å². The number of rotatable bonds is 2. The number of hydrogen-bond donors (Lipinski definition) is 2. The lowest BCUT2D eigenvalue weighted by atomic mass is 9.97. The smallest absolute Gasteiger partial charge is 0.225 e. The van der Waals surface area contributed by atoms with Crippen LogP contribution < -0.4 is 5.73 Å². The molecule has 3 rings (SSSR count). The first kappa shape index (κ1) is 15.3. The number of nitrogens with zero attached hydrogens (tertiary/aromatic N) is 2. The van der Waals surface area contributed by atoms with Gasteiger partial charge in [-0.05, 0) is 44.9 Å². The van der Waals surface area contributed by atoms with E-state index in [0.717, 1.165) is 71.1 Å². The zero-order valence-corrected chi connectivity index (χ0v) is 12.9. The number of nitrogens with two attached hydrogens (primary N) is 1. The highest BCUT2D eigenvalue weighted by molar-refractivity contribution is 5.79. The lowest BCUT2D eigenvalue weighted by molar-refractivity contribution is -0.137. The lowest BCUT2D eigenvalue weighted by Crippen LogP contribution is -2.50. The molecule has 2 heterocycles. The molecule has 1 amide bonds. The van der Waals surface area contributed by atoms with Crippen LogP contribution in [0, 0.1) is 5.92 Å². The third-order valence-electron chi connectivity index (χ3n) is 5.61. The normalized spacial score (nSPS) is 33.5. The highest BCUT2D eigenvalue weighted by atomic mass is 16.3. The Kier molecular flexibility index (Phi) is 4.82. The Morgan fingerprint density at radius 2 is 1.62 bits per heavy atom. The van der Waals surface area contributed by atoms with Gasteiger partial charge in [-0.3, -0.25) is 4.79 Å². The Bertz CT molecular complexity index is 361. The summed E-state index contributed by atoms with van der Waals surface area (Å²) in [6.07, 6.45) is 6.73. The first-order chi connectivity index (χ1) is 10.1. The van der Waals surface area contributed by atoms with E-state index in [0.29, 0.717) is 11.9 Å². The lowest BCUT2D eigenvalue weighted by Gasteiger charge is -2.41. The number of aliphatic hydroxyl groups is 1. The van der Waals surface area contributed by atoms with Crippen LogP contribution in [-0.4, -0.2) is 65.2 Å². The van der Waals surface area contributed by atoms with Gasteiger partial charge in [-0.2, -0.15) is 0 Å². The Balaban J connectivity index is 1.45. The van der Waals surface area contributed by atoms with Crippen LogP contribution >= 0.6 is 0 Å². The minimum atomic E-state index is -0.102. The van der Waals surface area contributed by atoms with Crippen molar-refractivity contribution in [1.29, 1.82) is 0 Å². The maximum atomic E-state index is 12.5. The summed E-state index contributed by atoms with van der Waals surface area (Å²) in [6.45, 7) is 3.82. The summed E-state index contributed by atoms with van der Waals surface area (Å²) in [7, 11) is 0. The number of piperidine rings is 2. The van der Waals surface area contributed by atoms with E-state index in [9.17, 15) is 9.90 Å². The van der Waals surface area contributed by atoms with Gasteiger partial charge >= 0.3 is 0 Å². The van der Waals surface area contributed by atoms with Crippen LogP contribution in [0.15, 0.2) is 0 Å². The molecular formula is C16H29N3O2. The van der Waals surface area contributed by atoms with Crippen molar-refractivity contribution in [3.8, 4) is 0 Å². The molecule has 3 fully saturated rings. The van der Waals surface area contributed by atoms with Gasteiger partial charge in [0.1, 0.15) is 0 Å². The van der Waals surface area contributed by atoms with Crippen LogP contribution in [0.25, 0.3) is 0 Å². The van der Waals surface area contributed by atoms with Crippen LogP contribution in [0.2, 0.25) is 0 Å². The highest BCUT2D eigenvalue weighted by Gasteiger charge is 2.34. The Hall–Kier alpha value is -0.650. The van der Waals surface area contributed by atoms with Crippen LogP contribution in [0.1, 0.15) is 44.9 Å². The van der Waals surface area contributed by atoms with Crippen molar-refractivity contribution in [3.05, 3.63) is 0 Å². The fraction of sp³-hybridized carbons (Fsp3) is 0.938. The molecule has 0 spiro atoms. The first-order valence-corrected chi connectivity index (χ1v) is 8.60. The minimum absolute atomic E-state index is 0.102. The van der Waals surface area contributed by atoms with Gasteiger partial charge in [-0.1, -0.05) is 0 Å². The molecule has 120 valence electrons. The molecule has 0 aromatic rings. The molecule has 0 bridgehead atoms. The number of amides is 1. The van der Waals surface area contributed by atoms with Gasteiger partial charge in [0.15, 0.2) is 0 Å². The predicted octanol–water partition coefficient (Wildman–Crippen LogP) is 0.562. The SMILES string of the molecule is NC1CCC(C(=O)N2CCC(N3CCC(O)CC3)CC2)C1. The van der Waals surface area contributed by atoms with Gasteiger partial charge < -0.3 is 20.6 Å². The van der Waals surface area contributed by atoms with Gasteiger partial charge in [0.2, 0.25) is 5.91 Å². The molecule has 2 unspecified atom stereocenters. The molecule has 2 atom stereocenters. The van der Waals surface area contributed by atoms with Crippen molar-refractivity contribution in [2.24, 2.45) is 11.7 Å². The summed E-state index contributed by atoms with van der Waals surface area (Å²) < 4.78 is 0. The van der Waals surface area contributed by atoms with E-state index in [2.05, 4.69) is 9.80 Å². The summed E-state index contributed by atoms with van der Waals surface area (Å²) >= 11 is 0. The summed E-state index contributed by atoms with van der Waals surface area (Å²) in [5.41, 5.74) is 5.93. The van der Waals surface area contributed by atoms with E-state index in [1.807, 2.05) is 0 Å². The van der Waals surface area contributed by atoms with E-state index < -0.39 is 0 Å². The third-order valence-corrected chi connectivity index (χ3v) is 5.61. The van der Waals surface area contributed by atoms with Gasteiger partial charge in [0.05, 0.1) is 6.10 Å². The molecule has 1 aliphatic carbocycles. The molecular weight excluding hydrogens is 266 g/mol. The summed E-state index contributed by atoms with van der Waals surface area (Å²) in [5.74, 6) is 0.525. The molecule has 5 nitrogen and oxygen atoms in total. The fourth-order valence-electron chi connectivity index (χ4n) is 4.20. The predicted molar refractivity (Wildman–Crippen MR) is 81.7 cm³/mol. The first-order valence-electron chi connectivity index (χ1n) is 8.60. The number of carbonyl (C=O) groups is 1. The maximum Gasteiger partial charge on any atom is 0.225 e. The molecule has 0 aromatic carbocycles. The van der Waals surface area contributed by atoms with Crippen molar-refractivity contribution < 1.29 is 9.90 Å². The number of hydrogen-bond acceptors (Lipinski definition) is 4. The molecule has 21 heavy (non-hydrogen) atoms. The molecule has 0 radical (unpaired) electrons. The molecule has 5 heteroatoms. The number of carbonyl (C=O) groups excluding carboxylic acids is 1. The van der Waals surface area contributed by atoms with E-state index in [1.54, 1.807) is 0 Å². The van der Waals surface area contributed by atoms with Crippen LogP contribution in [-0.2, 0) is 4.79 Å². The van der Waals surface area contributed by atoms with E-state index in [4.69, 9.17) is 5.73 Å². The van der Waals surface area contributed by atoms with Gasteiger partial charge in [-0.25, -0.2) is 0 Å². The molecule has 1 saturated carbocycles. The molecule has 3 aliphatic rings. The molecule has 3 N–H and O–H groups in total. The quantitative estimate of drug-likeness (QED) is 0.781. The topological polar surface area (TPSA) is 69.8 Å². The Morgan fingerprint density at radius 3 is 2.19 bits per heavy atom. The van der Waals surface area contributed by atoms with Crippen molar-refractivity contribution in [3.63, 3.8) is 0 Å². The van der Waals surface area contributed by atoms with Gasteiger partial charge in [-0.15, -0.1) is 0 Å². The van der Waals surface area contributed by atoms with Gasteiger partial charge in [0, 0.05) is 44.2 Å². The summed E-state index contributed by atoms with van der Waals surface area (Å²) in [4.78, 5) is 17.1. The molecule has 2 saturated heterocycles. The largest absolute Gasteiger partial charge is 0.393 e. The molecule has 0 aromatic heterocycles. The van der Waals surface area contributed by atoms with Crippen LogP contribution in [0.5, 0.6) is 0 Å². The van der Waals surface area contributed by atoms with E-state index >= 15 is 0 Å². The zero-order valence-electron chi connectivity index (χ0n) is 12.9. The fourth-order valence-corrected chi connectivity index (χ4v) is 4.20. The van der Waals surface area contributed by atoms with E-state index in [1.165, 1.54) is 0 Å². The average Bonchev–Trinajstić information content (AvgIpc) is 2.94. The second-order valence-electron chi connectivity index (χ2n) is 7.09. The monoisotopic (exact) mass is 295 g/mol. The molecule has 2 aliphatic heterocycles. The second kappa shape index (κ2) is 6.63. The maximum absolute atomic E-state index is 12.5. The zero-order chi connectivity index (χ0) is 14.8. The summed E-state index contributed by atoms with van der Waals surface area (Å²) in [6, 6.07) is 0.837. The third kappa shape index (κ3) is 3.58. The minimum Gasteiger partial charge on any atom is -0.393 e. The second-order valence-corrected chi connectivity index (χ2v) is 7.09. The van der Waals surface area contributed by atoms with Crippen molar-refractivity contribution in [1.82, 2.24) is 9.80 Å². The van der Waals surface area contributed by atoms with Crippen LogP contribution in [0.3, 0.4) is 0 Å². The van der Waals surface area contributed by atoms with Crippen LogP contribution in [0.4, 0.5) is 0 Å². The average molecular weight is 295 g/mol. The van der Waals surface area contributed by atoms with Crippen molar-refractivity contribution >= 4 is 5.91 Å². The van der Waals surface area contributed by atoms with Crippen molar-refractivity contribution in [2.75, 3.05) is 26.2 Å². The Morgan fingerprint density at radius 1 is 0.952 bits per heavy atom. The Labute approximate surface area is 127 Å². The van der Waals surface area contributed by atoms with Crippen molar-refractivity contribution in [2.45, 2.75) is 63.1 Å². The highest BCUT2D eigenvalue weighted by Crippen LogP contribution is 2.28.